The third-order valence-electron chi connectivity index (χ3n) is 5.04. The number of rotatable bonds is 7. The van der Waals surface area contributed by atoms with Crippen molar-refractivity contribution in [2.24, 2.45) is 0 Å². The van der Waals surface area contributed by atoms with Crippen molar-refractivity contribution < 1.29 is 13.9 Å². The summed E-state index contributed by atoms with van der Waals surface area (Å²) in [5.74, 6) is 0.492. The second-order valence-corrected chi connectivity index (χ2v) is 7.85. The summed E-state index contributed by atoms with van der Waals surface area (Å²) in [7, 11) is 0. The first-order valence-electron chi connectivity index (χ1n) is 10.9. The molecule has 4 aromatic rings. The maximum absolute atomic E-state index is 14.8. The fourth-order valence-corrected chi connectivity index (χ4v) is 3.38. The van der Waals surface area contributed by atoms with Gasteiger partial charge in [-0.3, -0.25) is 9.97 Å². The van der Waals surface area contributed by atoms with Crippen LogP contribution in [0.3, 0.4) is 0 Å². The van der Waals surface area contributed by atoms with E-state index < -0.39 is 6.09 Å². The SMILES string of the molecule is CCCc1nnnn1-c1cc(OC(=O)NCc2cnc(C)cn2)cc(-c2ccc(C)cc2F)c1. The summed E-state index contributed by atoms with van der Waals surface area (Å²) >= 11 is 0. The van der Waals surface area contributed by atoms with Crippen LogP contribution >= 0.6 is 0 Å². The van der Waals surface area contributed by atoms with Gasteiger partial charge in [0.15, 0.2) is 5.82 Å². The van der Waals surface area contributed by atoms with Crippen molar-refractivity contribution >= 4 is 6.09 Å². The molecule has 34 heavy (non-hydrogen) atoms. The van der Waals surface area contributed by atoms with E-state index in [-0.39, 0.29) is 18.1 Å². The molecule has 0 aliphatic rings. The zero-order valence-electron chi connectivity index (χ0n) is 19.1. The lowest BCUT2D eigenvalue weighted by molar-refractivity contribution is 0.200. The van der Waals surface area contributed by atoms with Gasteiger partial charge in [0.2, 0.25) is 0 Å². The largest absolute Gasteiger partial charge is 0.412 e. The second-order valence-electron chi connectivity index (χ2n) is 7.85. The molecule has 0 bridgehead atoms. The van der Waals surface area contributed by atoms with Crippen molar-refractivity contribution in [2.45, 2.75) is 40.2 Å². The molecule has 1 amide bonds. The molecule has 0 spiro atoms. The summed E-state index contributed by atoms with van der Waals surface area (Å²) in [5, 5.41) is 14.5. The number of nitrogens with one attached hydrogen (secondary N) is 1. The minimum absolute atomic E-state index is 0.152. The van der Waals surface area contributed by atoms with Crippen LogP contribution in [0.4, 0.5) is 9.18 Å². The normalized spacial score (nSPS) is 10.8. The topological polar surface area (TPSA) is 108 Å². The molecule has 0 fully saturated rings. The van der Waals surface area contributed by atoms with Crippen LogP contribution in [0.25, 0.3) is 16.8 Å². The van der Waals surface area contributed by atoms with Gasteiger partial charge in [-0.1, -0.05) is 19.1 Å². The van der Waals surface area contributed by atoms with Gasteiger partial charge in [-0.2, -0.15) is 4.68 Å². The zero-order valence-corrected chi connectivity index (χ0v) is 19.1. The van der Waals surface area contributed by atoms with Crippen molar-refractivity contribution in [1.82, 2.24) is 35.5 Å². The molecule has 0 saturated carbocycles. The van der Waals surface area contributed by atoms with Crippen LogP contribution in [-0.2, 0) is 13.0 Å². The average Bonchev–Trinajstić information content (AvgIpc) is 3.27. The molecular formula is C24H24FN7O2. The van der Waals surface area contributed by atoms with Gasteiger partial charge in [0, 0.05) is 24.2 Å². The lowest BCUT2D eigenvalue weighted by Crippen LogP contribution is -2.26. The Labute approximate surface area is 196 Å². The number of halogens is 1. The summed E-state index contributed by atoms with van der Waals surface area (Å²) < 4.78 is 21.8. The van der Waals surface area contributed by atoms with E-state index in [1.807, 2.05) is 26.8 Å². The Morgan fingerprint density at radius 2 is 1.97 bits per heavy atom. The van der Waals surface area contributed by atoms with Crippen LogP contribution in [-0.4, -0.2) is 36.3 Å². The van der Waals surface area contributed by atoms with E-state index in [2.05, 4.69) is 30.8 Å². The number of carbonyl (C=O) groups excluding carboxylic acids is 1. The standard InChI is InChI=1S/C24H24FN7O2/c1-4-5-23-29-30-31-32(23)19-9-17(21-7-6-15(2)8-22(21)25)10-20(11-19)34-24(33)28-14-18-13-26-16(3)12-27-18/h6-13H,4-5,14H2,1-3H3,(H,28,33). The summed E-state index contributed by atoms with van der Waals surface area (Å²) in [5.41, 5.74) is 3.63. The molecule has 2 aromatic heterocycles. The Bertz CT molecular complexity index is 1310. The summed E-state index contributed by atoms with van der Waals surface area (Å²) in [6.45, 7) is 5.82. The fraction of sp³-hybridized carbons (Fsp3) is 0.250. The van der Waals surface area contributed by atoms with Gasteiger partial charge < -0.3 is 10.1 Å². The molecule has 10 heteroatoms. The molecule has 0 saturated heterocycles. The lowest BCUT2D eigenvalue weighted by Gasteiger charge is -2.12. The van der Waals surface area contributed by atoms with Crippen molar-refractivity contribution in [3.05, 3.63) is 77.4 Å². The Hall–Kier alpha value is -4.21. The summed E-state index contributed by atoms with van der Waals surface area (Å²) in [6.07, 6.45) is 4.03. The molecule has 2 heterocycles. The lowest BCUT2D eigenvalue weighted by atomic mass is 10.0. The second kappa shape index (κ2) is 10.2. The zero-order chi connectivity index (χ0) is 24.1. The van der Waals surface area contributed by atoms with Crippen LogP contribution in [0.5, 0.6) is 5.75 Å². The highest BCUT2D eigenvalue weighted by atomic mass is 19.1. The Morgan fingerprint density at radius 3 is 2.71 bits per heavy atom. The molecule has 4 rings (SSSR count). The number of benzene rings is 2. The van der Waals surface area contributed by atoms with Crippen LogP contribution in [0, 0.1) is 19.7 Å². The number of tetrazole rings is 1. The van der Waals surface area contributed by atoms with Crippen LogP contribution in [0.15, 0.2) is 48.8 Å². The van der Waals surface area contributed by atoms with Crippen LogP contribution in [0.2, 0.25) is 0 Å². The molecule has 9 nitrogen and oxygen atoms in total. The van der Waals surface area contributed by atoms with E-state index in [0.717, 1.165) is 17.7 Å². The van der Waals surface area contributed by atoms with Gasteiger partial charge in [-0.05, 0) is 60.0 Å². The number of aryl methyl sites for hydroxylation is 3. The Kier molecular flexibility index (Phi) is 6.86. The number of amides is 1. The van der Waals surface area contributed by atoms with Crippen LogP contribution in [0.1, 0.15) is 36.1 Å². The fourth-order valence-electron chi connectivity index (χ4n) is 3.38. The highest BCUT2D eigenvalue weighted by Crippen LogP contribution is 2.30. The molecule has 0 radical (unpaired) electrons. The molecule has 1 N–H and O–H groups in total. The quantitative estimate of drug-likeness (QED) is 0.441. The highest BCUT2D eigenvalue weighted by molar-refractivity contribution is 5.74. The Balaban J connectivity index is 1.64. The van der Waals surface area contributed by atoms with Gasteiger partial charge in [-0.15, -0.1) is 5.10 Å². The van der Waals surface area contributed by atoms with Crippen molar-refractivity contribution in [3.63, 3.8) is 0 Å². The van der Waals surface area contributed by atoms with E-state index in [1.165, 1.54) is 6.07 Å². The van der Waals surface area contributed by atoms with E-state index >= 15 is 0 Å². The predicted octanol–water partition coefficient (Wildman–Crippen LogP) is 4.12. The monoisotopic (exact) mass is 461 g/mol. The van der Waals surface area contributed by atoms with E-state index in [0.29, 0.717) is 34.8 Å². The van der Waals surface area contributed by atoms with Gasteiger partial charge in [-0.25, -0.2) is 9.18 Å². The number of hydrogen-bond acceptors (Lipinski definition) is 7. The first-order chi connectivity index (χ1) is 16.4. The van der Waals surface area contributed by atoms with E-state index in [1.54, 1.807) is 41.3 Å². The molecular weight excluding hydrogens is 437 g/mol. The molecule has 2 aromatic carbocycles. The van der Waals surface area contributed by atoms with E-state index in [4.69, 9.17) is 4.74 Å². The van der Waals surface area contributed by atoms with Gasteiger partial charge in [0.05, 0.1) is 29.8 Å². The van der Waals surface area contributed by atoms with Gasteiger partial charge >= 0.3 is 6.09 Å². The number of hydrogen-bond donors (Lipinski definition) is 1. The number of ether oxygens (including phenoxy) is 1. The van der Waals surface area contributed by atoms with Crippen molar-refractivity contribution in [2.75, 3.05) is 0 Å². The average molecular weight is 462 g/mol. The summed E-state index contributed by atoms with van der Waals surface area (Å²) in [4.78, 5) is 20.8. The van der Waals surface area contributed by atoms with Gasteiger partial charge in [0.1, 0.15) is 11.6 Å². The molecule has 0 aliphatic carbocycles. The van der Waals surface area contributed by atoms with E-state index in [9.17, 15) is 9.18 Å². The van der Waals surface area contributed by atoms with Gasteiger partial charge in [0.25, 0.3) is 0 Å². The van der Waals surface area contributed by atoms with Crippen LogP contribution < -0.4 is 10.1 Å². The Morgan fingerprint density at radius 1 is 1.12 bits per heavy atom. The van der Waals surface area contributed by atoms with Crippen molar-refractivity contribution in [1.29, 1.82) is 0 Å². The smallest absolute Gasteiger partial charge is 0.410 e. The third kappa shape index (κ3) is 5.40. The highest BCUT2D eigenvalue weighted by Gasteiger charge is 2.15. The number of carbonyl (C=O) groups is 1. The maximum atomic E-state index is 14.8. The minimum atomic E-state index is -0.680. The number of aromatic nitrogens is 6. The first kappa shape index (κ1) is 23.0. The van der Waals surface area contributed by atoms with Crippen molar-refractivity contribution in [3.8, 4) is 22.6 Å². The molecule has 0 aliphatic heterocycles. The first-order valence-corrected chi connectivity index (χ1v) is 10.9. The third-order valence-corrected chi connectivity index (χ3v) is 5.04. The number of nitrogens with zero attached hydrogens (tertiary/aromatic N) is 6. The predicted molar refractivity (Wildman–Crippen MR) is 123 cm³/mol. The molecule has 0 atom stereocenters. The molecule has 0 unspecified atom stereocenters. The maximum Gasteiger partial charge on any atom is 0.412 e. The summed E-state index contributed by atoms with van der Waals surface area (Å²) in [6, 6.07) is 9.97. The molecule has 174 valence electrons. The minimum Gasteiger partial charge on any atom is -0.410 e.